The number of hydrogen-bond acceptors (Lipinski definition) is 3. The molecule has 0 heterocycles. The molecule has 2 atom stereocenters. The van der Waals surface area contributed by atoms with Gasteiger partial charge in [0.2, 0.25) is 5.91 Å². The van der Waals surface area contributed by atoms with E-state index in [-0.39, 0.29) is 23.4 Å². The molecule has 1 aliphatic rings. The van der Waals surface area contributed by atoms with Crippen LogP contribution in [0.4, 0.5) is 14.5 Å². The van der Waals surface area contributed by atoms with E-state index in [1.54, 1.807) is 0 Å². The van der Waals surface area contributed by atoms with E-state index in [9.17, 15) is 13.6 Å². The maximum Gasteiger partial charge on any atom is 0.227 e. The molecule has 0 radical (unpaired) electrons. The molecule has 20 heavy (non-hydrogen) atoms. The molecule has 0 aromatic heterocycles. The molecule has 0 saturated heterocycles. The van der Waals surface area contributed by atoms with Crippen LogP contribution in [0, 0.1) is 23.5 Å². The van der Waals surface area contributed by atoms with Crippen molar-refractivity contribution in [1.82, 2.24) is 0 Å². The Balaban J connectivity index is 2.12. The van der Waals surface area contributed by atoms with Gasteiger partial charge in [0.25, 0.3) is 0 Å². The number of nitrogens with one attached hydrogen (secondary N) is 1. The summed E-state index contributed by atoms with van der Waals surface area (Å²) in [7, 11) is 1.18. The summed E-state index contributed by atoms with van der Waals surface area (Å²) in [4.78, 5) is 12.1. The first-order valence-electron chi connectivity index (χ1n) is 6.60. The smallest absolute Gasteiger partial charge is 0.227 e. The Hall–Kier alpha value is -1.69. The van der Waals surface area contributed by atoms with Crippen LogP contribution in [0.1, 0.15) is 19.3 Å². The van der Waals surface area contributed by atoms with Crippen LogP contribution in [-0.2, 0) is 4.79 Å². The highest BCUT2D eigenvalue weighted by atomic mass is 19.1. The molecule has 110 valence electrons. The van der Waals surface area contributed by atoms with Crippen molar-refractivity contribution in [1.29, 1.82) is 0 Å². The van der Waals surface area contributed by atoms with E-state index < -0.39 is 17.4 Å². The number of halogens is 2. The first-order valence-corrected chi connectivity index (χ1v) is 6.60. The molecular formula is C14H18F2N2O2. The van der Waals surface area contributed by atoms with Crippen LogP contribution in [0.5, 0.6) is 5.75 Å². The second kappa shape index (κ2) is 6.17. The minimum absolute atomic E-state index is 0.0912. The highest BCUT2D eigenvalue weighted by molar-refractivity contribution is 5.93. The number of ether oxygens (including phenoxy) is 1. The SMILES string of the molecule is COc1c(F)cc(NC(=O)[C@@H]2CCC[C@@H]2CN)cc1F. The molecule has 1 aromatic carbocycles. The monoisotopic (exact) mass is 284 g/mol. The van der Waals surface area contributed by atoms with E-state index in [0.29, 0.717) is 6.54 Å². The Bertz CT molecular complexity index is 485. The van der Waals surface area contributed by atoms with Crippen molar-refractivity contribution in [2.75, 3.05) is 19.0 Å². The largest absolute Gasteiger partial charge is 0.491 e. The van der Waals surface area contributed by atoms with E-state index in [1.807, 2.05) is 0 Å². The van der Waals surface area contributed by atoms with Gasteiger partial charge in [-0.15, -0.1) is 0 Å². The second-order valence-electron chi connectivity index (χ2n) is 5.00. The standard InChI is InChI=1S/C14H18F2N2O2/c1-20-13-11(15)5-9(6-12(13)16)18-14(19)10-4-2-3-8(10)7-17/h5-6,8,10H,2-4,7,17H2,1H3,(H,18,19)/t8-,10-/m1/s1. The van der Waals surface area contributed by atoms with E-state index in [2.05, 4.69) is 10.1 Å². The number of carbonyl (C=O) groups is 1. The van der Waals surface area contributed by atoms with Gasteiger partial charge in [-0.25, -0.2) is 8.78 Å². The van der Waals surface area contributed by atoms with Crippen LogP contribution in [0.15, 0.2) is 12.1 Å². The zero-order valence-electron chi connectivity index (χ0n) is 11.3. The van der Waals surface area contributed by atoms with Crippen molar-refractivity contribution < 1.29 is 18.3 Å². The minimum Gasteiger partial charge on any atom is -0.491 e. The van der Waals surface area contributed by atoms with Crippen LogP contribution in [0.2, 0.25) is 0 Å². The van der Waals surface area contributed by atoms with Crippen LogP contribution >= 0.6 is 0 Å². The van der Waals surface area contributed by atoms with Crippen LogP contribution in [0.25, 0.3) is 0 Å². The predicted octanol–water partition coefficient (Wildman–Crippen LogP) is 2.29. The average Bonchev–Trinajstić information content (AvgIpc) is 2.86. The Morgan fingerprint density at radius 3 is 2.60 bits per heavy atom. The van der Waals surface area contributed by atoms with Crippen molar-refractivity contribution in [3.05, 3.63) is 23.8 Å². The van der Waals surface area contributed by atoms with Crippen molar-refractivity contribution in [2.24, 2.45) is 17.6 Å². The van der Waals surface area contributed by atoms with E-state index in [0.717, 1.165) is 31.4 Å². The molecule has 0 bridgehead atoms. The molecule has 6 heteroatoms. The maximum atomic E-state index is 13.5. The summed E-state index contributed by atoms with van der Waals surface area (Å²) in [5.41, 5.74) is 5.72. The molecule has 1 amide bonds. The van der Waals surface area contributed by atoms with Gasteiger partial charge in [0.15, 0.2) is 17.4 Å². The van der Waals surface area contributed by atoms with E-state index >= 15 is 0 Å². The number of amides is 1. The molecule has 0 unspecified atom stereocenters. The lowest BCUT2D eigenvalue weighted by atomic mass is 9.95. The number of anilines is 1. The van der Waals surface area contributed by atoms with Crippen molar-refractivity contribution in [3.63, 3.8) is 0 Å². The van der Waals surface area contributed by atoms with Gasteiger partial charge in [0.05, 0.1) is 7.11 Å². The minimum atomic E-state index is -0.843. The Kier molecular flexibility index (Phi) is 4.54. The molecule has 1 aliphatic carbocycles. The molecule has 3 N–H and O–H groups in total. The predicted molar refractivity (Wildman–Crippen MR) is 71.4 cm³/mol. The van der Waals surface area contributed by atoms with Gasteiger partial charge in [-0.1, -0.05) is 6.42 Å². The summed E-state index contributed by atoms with van der Waals surface area (Å²) < 4.78 is 31.7. The molecule has 1 saturated carbocycles. The first kappa shape index (κ1) is 14.7. The third-order valence-electron chi connectivity index (χ3n) is 3.77. The third kappa shape index (κ3) is 2.90. The molecule has 1 aromatic rings. The van der Waals surface area contributed by atoms with Gasteiger partial charge in [-0.3, -0.25) is 4.79 Å². The molecule has 4 nitrogen and oxygen atoms in total. The maximum absolute atomic E-state index is 13.5. The summed E-state index contributed by atoms with van der Waals surface area (Å²) in [5.74, 6) is -2.42. The van der Waals surface area contributed by atoms with Gasteiger partial charge in [-0.2, -0.15) is 0 Å². The Labute approximate surface area is 116 Å². The molecular weight excluding hydrogens is 266 g/mol. The highest BCUT2D eigenvalue weighted by Gasteiger charge is 2.32. The number of nitrogens with two attached hydrogens (primary N) is 1. The van der Waals surface area contributed by atoms with Gasteiger partial charge in [0.1, 0.15) is 0 Å². The van der Waals surface area contributed by atoms with E-state index in [4.69, 9.17) is 5.73 Å². The van der Waals surface area contributed by atoms with Gasteiger partial charge in [0, 0.05) is 23.7 Å². The van der Waals surface area contributed by atoms with E-state index in [1.165, 1.54) is 7.11 Å². The molecule has 2 rings (SSSR count). The first-order chi connectivity index (χ1) is 9.56. The van der Waals surface area contributed by atoms with Crippen LogP contribution in [-0.4, -0.2) is 19.6 Å². The fraction of sp³-hybridized carbons (Fsp3) is 0.500. The molecule has 0 aliphatic heterocycles. The number of rotatable bonds is 4. The normalized spacial score (nSPS) is 21.8. The highest BCUT2D eigenvalue weighted by Crippen LogP contribution is 2.32. The second-order valence-corrected chi connectivity index (χ2v) is 5.00. The number of hydrogen-bond donors (Lipinski definition) is 2. The third-order valence-corrected chi connectivity index (χ3v) is 3.77. The summed E-state index contributed by atoms with van der Waals surface area (Å²) >= 11 is 0. The quantitative estimate of drug-likeness (QED) is 0.891. The summed E-state index contributed by atoms with van der Waals surface area (Å²) in [6.07, 6.45) is 2.63. The van der Waals surface area contributed by atoms with Crippen molar-refractivity contribution in [3.8, 4) is 5.75 Å². The topological polar surface area (TPSA) is 64.3 Å². The fourth-order valence-corrected chi connectivity index (χ4v) is 2.73. The Morgan fingerprint density at radius 1 is 1.40 bits per heavy atom. The lowest BCUT2D eigenvalue weighted by Crippen LogP contribution is -2.29. The zero-order valence-corrected chi connectivity index (χ0v) is 11.3. The molecule has 1 fully saturated rings. The average molecular weight is 284 g/mol. The lowest BCUT2D eigenvalue weighted by molar-refractivity contribution is -0.120. The summed E-state index contributed by atoms with van der Waals surface area (Å²) in [6, 6.07) is 2.10. The van der Waals surface area contributed by atoms with Crippen molar-refractivity contribution >= 4 is 11.6 Å². The van der Waals surface area contributed by atoms with Gasteiger partial charge in [-0.05, 0) is 25.3 Å². The number of carbonyl (C=O) groups excluding carboxylic acids is 1. The fourth-order valence-electron chi connectivity index (χ4n) is 2.73. The van der Waals surface area contributed by atoms with Crippen LogP contribution < -0.4 is 15.8 Å². The number of methoxy groups -OCH3 is 1. The zero-order chi connectivity index (χ0) is 14.7. The summed E-state index contributed by atoms with van der Waals surface area (Å²) in [5, 5.41) is 2.55. The summed E-state index contributed by atoms with van der Waals surface area (Å²) in [6.45, 7) is 0.448. The molecule has 0 spiro atoms. The van der Waals surface area contributed by atoms with Gasteiger partial charge >= 0.3 is 0 Å². The lowest BCUT2D eigenvalue weighted by Gasteiger charge is -2.17. The number of benzene rings is 1. The van der Waals surface area contributed by atoms with Gasteiger partial charge < -0.3 is 15.8 Å². The van der Waals surface area contributed by atoms with Crippen LogP contribution in [0.3, 0.4) is 0 Å². The van der Waals surface area contributed by atoms with Crippen molar-refractivity contribution in [2.45, 2.75) is 19.3 Å². The Morgan fingerprint density at radius 2 is 2.05 bits per heavy atom.